The van der Waals surface area contributed by atoms with Gasteiger partial charge in [-0.05, 0) is 47.9 Å². The topological polar surface area (TPSA) is 20.2 Å². The summed E-state index contributed by atoms with van der Waals surface area (Å²) in [6.45, 7) is 1.81. The van der Waals surface area contributed by atoms with E-state index in [-0.39, 0.29) is 5.82 Å². The lowest BCUT2D eigenvalue weighted by atomic mass is 10.00. The number of hydrogen-bond acceptors (Lipinski definition) is 1. The van der Waals surface area contributed by atoms with Crippen molar-refractivity contribution >= 4 is 15.9 Å². The van der Waals surface area contributed by atoms with Crippen LogP contribution in [0, 0.1) is 12.7 Å². The molecule has 2 aromatic carbocycles. The largest absolute Gasteiger partial charge is 0.384 e. The summed E-state index contributed by atoms with van der Waals surface area (Å²) in [6, 6.07) is 11.9. The first-order valence-electron chi connectivity index (χ1n) is 5.27. The molecular weight excluding hydrogens is 283 g/mol. The summed E-state index contributed by atoms with van der Waals surface area (Å²) in [6.07, 6.45) is -0.794. The molecule has 0 aliphatic carbocycles. The molecule has 88 valence electrons. The molecule has 1 N–H and O–H groups in total. The van der Waals surface area contributed by atoms with Gasteiger partial charge in [0.1, 0.15) is 11.9 Å². The minimum Gasteiger partial charge on any atom is -0.384 e. The summed E-state index contributed by atoms with van der Waals surface area (Å²) >= 11 is 3.33. The van der Waals surface area contributed by atoms with Gasteiger partial charge in [0.15, 0.2) is 0 Å². The Hall–Kier alpha value is -1.19. The fourth-order valence-corrected chi connectivity index (χ4v) is 2.02. The van der Waals surface area contributed by atoms with Gasteiger partial charge in [-0.1, -0.05) is 34.1 Å². The minimum absolute atomic E-state index is 0.323. The Balaban J connectivity index is 2.36. The van der Waals surface area contributed by atoms with Crippen LogP contribution in [0.3, 0.4) is 0 Å². The van der Waals surface area contributed by atoms with Crippen LogP contribution in [0.1, 0.15) is 22.8 Å². The predicted molar refractivity (Wildman–Crippen MR) is 69.3 cm³/mol. The molecule has 0 heterocycles. The highest BCUT2D eigenvalue weighted by molar-refractivity contribution is 9.10. The zero-order valence-electron chi connectivity index (χ0n) is 9.32. The van der Waals surface area contributed by atoms with Gasteiger partial charge in [0.25, 0.3) is 0 Å². The normalized spacial score (nSPS) is 12.5. The molecular formula is C14H12BrFO. The summed E-state index contributed by atoms with van der Waals surface area (Å²) in [5.41, 5.74) is 2.12. The third-order valence-corrected chi connectivity index (χ3v) is 3.09. The Morgan fingerprint density at radius 2 is 1.71 bits per heavy atom. The van der Waals surface area contributed by atoms with E-state index in [4.69, 9.17) is 0 Å². The number of rotatable bonds is 2. The van der Waals surface area contributed by atoms with Crippen LogP contribution in [0.15, 0.2) is 46.9 Å². The van der Waals surface area contributed by atoms with Crippen molar-refractivity contribution in [2.24, 2.45) is 0 Å². The van der Waals surface area contributed by atoms with Crippen molar-refractivity contribution in [3.8, 4) is 0 Å². The Labute approximate surface area is 108 Å². The van der Waals surface area contributed by atoms with E-state index < -0.39 is 6.10 Å². The van der Waals surface area contributed by atoms with Crippen molar-refractivity contribution in [3.05, 3.63) is 69.4 Å². The quantitative estimate of drug-likeness (QED) is 0.888. The predicted octanol–water partition coefficient (Wildman–Crippen LogP) is 3.98. The van der Waals surface area contributed by atoms with Gasteiger partial charge in [-0.15, -0.1) is 0 Å². The van der Waals surface area contributed by atoms with Gasteiger partial charge in [0, 0.05) is 4.47 Å². The number of aryl methyl sites for hydroxylation is 1. The molecule has 0 amide bonds. The van der Waals surface area contributed by atoms with E-state index >= 15 is 0 Å². The molecule has 1 nitrogen and oxygen atoms in total. The minimum atomic E-state index is -0.794. The van der Waals surface area contributed by atoms with E-state index in [9.17, 15) is 9.50 Å². The number of aliphatic hydroxyl groups is 1. The number of benzene rings is 2. The van der Waals surface area contributed by atoms with Gasteiger partial charge in [0.2, 0.25) is 0 Å². The standard InChI is InChI=1S/C14H12BrFO/c1-9-6-11(8-13(16)7-9)14(17)10-2-4-12(15)5-3-10/h2-8,14,17H,1H3. The molecule has 0 radical (unpaired) electrons. The van der Waals surface area contributed by atoms with Gasteiger partial charge in [-0.25, -0.2) is 4.39 Å². The van der Waals surface area contributed by atoms with Gasteiger partial charge < -0.3 is 5.11 Å². The molecule has 17 heavy (non-hydrogen) atoms. The maximum absolute atomic E-state index is 13.2. The summed E-state index contributed by atoms with van der Waals surface area (Å²) in [4.78, 5) is 0. The van der Waals surface area contributed by atoms with E-state index in [1.165, 1.54) is 12.1 Å². The van der Waals surface area contributed by atoms with E-state index in [1.807, 2.05) is 24.3 Å². The third-order valence-electron chi connectivity index (χ3n) is 2.57. The molecule has 0 saturated heterocycles. The lowest BCUT2D eigenvalue weighted by Crippen LogP contribution is -2.00. The molecule has 0 aromatic heterocycles. The number of aliphatic hydroxyl groups excluding tert-OH is 1. The Morgan fingerprint density at radius 3 is 2.29 bits per heavy atom. The first-order chi connectivity index (χ1) is 8.06. The first kappa shape index (κ1) is 12.3. The molecule has 2 rings (SSSR count). The second kappa shape index (κ2) is 4.98. The van der Waals surface area contributed by atoms with E-state index in [0.717, 1.165) is 15.6 Å². The fraction of sp³-hybridized carbons (Fsp3) is 0.143. The second-order valence-electron chi connectivity index (χ2n) is 4.02. The van der Waals surface area contributed by atoms with E-state index in [1.54, 1.807) is 13.0 Å². The zero-order valence-corrected chi connectivity index (χ0v) is 10.9. The molecule has 0 fully saturated rings. The summed E-state index contributed by atoms with van der Waals surface area (Å²) in [7, 11) is 0. The van der Waals surface area contributed by atoms with Crippen LogP contribution in [0.25, 0.3) is 0 Å². The van der Waals surface area contributed by atoms with Gasteiger partial charge in [-0.2, -0.15) is 0 Å². The number of hydrogen-bond donors (Lipinski definition) is 1. The Kier molecular flexibility index (Phi) is 3.60. The molecule has 3 heteroatoms. The maximum Gasteiger partial charge on any atom is 0.123 e. The second-order valence-corrected chi connectivity index (χ2v) is 4.93. The van der Waals surface area contributed by atoms with E-state index in [2.05, 4.69) is 15.9 Å². The lowest BCUT2D eigenvalue weighted by molar-refractivity contribution is 0.219. The lowest BCUT2D eigenvalue weighted by Gasteiger charge is -2.12. The van der Waals surface area contributed by atoms with Crippen LogP contribution in [-0.4, -0.2) is 5.11 Å². The van der Waals surface area contributed by atoms with Crippen LogP contribution >= 0.6 is 15.9 Å². The molecule has 2 aromatic rings. The summed E-state index contributed by atoms with van der Waals surface area (Å²) < 4.78 is 14.2. The van der Waals surface area contributed by atoms with Crippen LogP contribution in [0.2, 0.25) is 0 Å². The maximum atomic E-state index is 13.2. The highest BCUT2D eigenvalue weighted by Gasteiger charge is 2.11. The van der Waals surface area contributed by atoms with Crippen molar-refractivity contribution < 1.29 is 9.50 Å². The van der Waals surface area contributed by atoms with Crippen LogP contribution in [0.5, 0.6) is 0 Å². The molecule has 1 unspecified atom stereocenters. The van der Waals surface area contributed by atoms with E-state index in [0.29, 0.717) is 5.56 Å². The molecule has 0 spiro atoms. The van der Waals surface area contributed by atoms with Crippen molar-refractivity contribution in [2.45, 2.75) is 13.0 Å². The Morgan fingerprint density at radius 1 is 1.06 bits per heavy atom. The van der Waals surface area contributed by atoms with Crippen LogP contribution < -0.4 is 0 Å². The fourth-order valence-electron chi connectivity index (χ4n) is 1.76. The van der Waals surface area contributed by atoms with Crippen LogP contribution in [0.4, 0.5) is 4.39 Å². The van der Waals surface area contributed by atoms with Crippen molar-refractivity contribution in [2.75, 3.05) is 0 Å². The van der Waals surface area contributed by atoms with Gasteiger partial charge >= 0.3 is 0 Å². The average Bonchev–Trinajstić information content (AvgIpc) is 2.28. The van der Waals surface area contributed by atoms with Crippen molar-refractivity contribution in [3.63, 3.8) is 0 Å². The zero-order chi connectivity index (χ0) is 12.4. The van der Waals surface area contributed by atoms with Crippen molar-refractivity contribution in [1.82, 2.24) is 0 Å². The highest BCUT2D eigenvalue weighted by atomic mass is 79.9. The highest BCUT2D eigenvalue weighted by Crippen LogP contribution is 2.24. The SMILES string of the molecule is Cc1cc(F)cc(C(O)c2ccc(Br)cc2)c1. The average molecular weight is 295 g/mol. The Bertz CT molecular complexity index is 502. The van der Waals surface area contributed by atoms with Gasteiger partial charge in [0.05, 0.1) is 0 Å². The van der Waals surface area contributed by atoms with Crippen molar-refractivity contribution in [1.29, 1.82) is 0 Å². The monoisotopic (exact) mass is 294 g/mol. The smallest absolute Gasteiger partial charge is 0.123 e. The molecule has 0 saturated carbocycles. The number of halogens is 2. The molecule has 0 aliphatic rings. The molecule has 0 aliphatic heterocycles. The first-order valence-corrected chi connectivity index (χ1v) is 6.06. The molecule has 1 atom stereocenters. The van der Waals surface area contributed by atoms with Crippen LogP contribution in [-0.2, 0) is 0 Å². The summed E-state index contributed by atoms with van der Waals surface area (Å²) in [5.74, 6) is -0.323. The van der Waals surface area contributed by atoms with Gasteiger partial charge in [-0.3, -0.25) is 0 Å². The third kappa shape index (κ3) is 2.93. The molecule has 0 bridgehead atoms. The summed E-state index contributed by atoms with van der Waals surface area (Å²) in [5, 5.41) is 10.1.